The molecule has 2 aromatic rings. The summed E-state index contributed by atoms with van der Waals surface area (Å²) in [6.07, 6.45) is 4.22. The van der Waals surface area contributed by atoms with E-state index in [2.05, 4.69) is 21.3 Å². The van der Waals surface area contributed by atoms with Gasteiger partial charge in [-0.1, -0.05) is 12.1 Å². The zero-order valence-electron chi connectivity index (χ0n) is 22.8. The van der Waals surface area contributed by atoms with Gasteiger partial charge in [0.15, 0.2) is 0 Å². The Labute approximate surface area is 225 Å². The van der Waals surface area contributed by atoms with E-state index in [1.807, 2.05) is 31.1 Å². The highest BCUT2D eigenvalue weighted by atomic mass is 16.2. The summed E-state index contributed by atoms with van der Waals surface area (Å²) in [4.78, 5) is 42.0. The van der Waals surface area contributed by atoms with Gasteiger partial charge in [-0.3, -0.25) is 19.3 Å². The van der Waals surface area contributed by atoms with Crippen molar-refractivity contribution in [3.63, 3.8) is 0 Å². The summed E-state index contributed by atoms with van der Waals surface area (Å²) in [5.74, 6) is -0.780. The molecule has 0 spiro atoms. The van der Waals surface area contributed by atoms with E-state index < -0.39 is 0 Å². The Kier molecular flexibility index (Phi) is 12.1. The van der Waals surface area contributed by atoms with Gasteiger partial charge in [0.05, 0.1) is 12.1 Å². The van der Waals surface area contributed by atoms with Crippen molar-refractivity contribution in [2.75, 3.05) is 78.3 Å². The van der Waals surface area contributed by atoms with Crippen molar-refractivity contribution in [2.24, 2.45) is 5.73 Å². The first kappa shape index (κ1) is 29.7. The van der Waals surface area contributed by atoms with E-state index in [1.54, 1.807) is 18.2 Å². The SMILES string of the molecule is CN(C)CCN1C(=O)c2cccc3cc(NC(=O)CNCCCNCCCCNCCCN)cc(c23)C1=O. The normalized spacial score (nSPS) is 13.1. The molecule has 0 radical (unpaired) electrons. The number of amides is 3. The third-order valence-corrected chi connectivity index (χ3v) is 6.49. The molecule has 208 valence electrons. The molecule has 10 nitrogen and oxygen atoms in total. The highest BCUT2D eigenvalue weighted by Gasteiger charge is 2.33. The van der Waals surface area contributed by atoms with Crippen LogP contribution in [0.1, 0.15) is 46.4 Å². The van der Waals surface area contributed by atoms with Crippen molar-refractivity contribution in [1.29, 1.82) is 0 Å². The molecule has 0 fully saturated rings. The van der Waals surface area contributed by atoms with Crippen LogP contribution < -0.4 is 27.0 Å². The minimum Gasteiger partial charge on any atom is -0.330 e. The molecule has 0 bridgehead atoms. The smallest absolute Gasteiger partial charge is 0.261 e. The molecule has 0 atom stereocenters. The second kappa shape index (κ2) is 15.5. The van der Waals surface area contributed by atoms with Gasteiger partial charge in [-0.05, 0) is 103 Å². The maximum atomic E-state index is 13.2. The monoisotopic (exact) mass is 525 g/mol. The molecular weight excluding hydrogens is 482 g/mol. The number of hydrogen-bond donors (Lipinski definition) is 5. The number of nitrogens with two attached hydrogens (primary N) is 1. The van der Waals surface area contributed by atoms with E-state index >= 15 is 0 Å². The number of imide groups is 1. The third kappa shape index (κ3) is 8.57. The molecule has 3 rings (SSSR count). The van der Waals surface area contributed by atoms with E-state index in [0.717, 1.165) is 70.3 Å². The number of carbonyl (C=O) groups excluding carboxylic acids is 3. The van der Waals surface area contributed by atoms with E-state index in [1.165, 1.54) is 4.90 Å². The van der Waals surface area contributed by atoms with Crippen LogP contribution in [-0.2, 0) is 4.79 Å². The molecule has 10 heteroatoms. The van der Waals surface area contributed by atoms with Crippen LogP contribution in [0.15, 0.2) is 30.3 Å². The van der Waals surface area contributed by atoms with Gasteiger partial charge < -0.3 is 31.9 Å². The lowest BCUT2D eigenvalue weighted by Gasteiger charge is -2.28. The first-order chi connectivity index (χ1) is 18.4. The number of benzene rings is 2. The van der Waals surface area contributed by atoms with E-state index in [0.29, 0.717) is 35.3 Å². The molecule has 0 saturated carbocycles. The molecule has 0 unspecified atom stereocenters. The Bertz CT molecular complexity index is 1090. The van der Waals surface area contributed by atoms with Crippen LogP contribution in [0.4, 0.5) is 5.69 Å². The number of hydrogen-bond acceptors (Lipinski definition) is 8. The fourth-order valence-corrected chi connectivity index (χ4v) is 4.46. The van der Waals surface area contributed by atoms with Crippen LogP contribution >= 0.6 is 0 Å². The zero-order chi connectivity index (χ0) is 27.3. The Morgan fingerprint density at radius 1 is 0.868 bits per heavy atom. The van der Waals surface area contributed by atoms with Gasteiger partial charge in [0.2, 0.25) is 5.91 Å². The summed E-state index contributed by atoms with van der Waals surface area (Å²) in [6.45, 7) is 6.43. The summed E-state index contributed by atoms with van der Waals surface area (Å²) in [6, 6.07) is 8.91. The molecule has 0 aromatic heterocycles. The number of anilines is 1. The number of nitrogens with one attached hydrogen (secondary N) is 4. The average Bonchev–Trinajstić information content (AvgIpc) is 2.89. The first-order valence-electron chi connectivity index (χ1n) is 13.6. The molecule has 1 heterocycles. The quantitative estimate of drug-likeness (QED) is 0.145. The van der Waals surface area contributed by atoms with Crippen LogP contribution in [0.5, 0.6) is 0 Å². The molecule has 2 aromatic carbocycles. The van der Waals surface area contributed by atoms with Gasteiger partial charge >= 0.3 is 0 Å². The average molecular weight is 526 g/mol. The lowest BCUT2D eigenvalue weighted by Crippen LogP contribution is -2.43. The predicted octanol–water partition coefficient (Wildman–Crippen LogP) is 1.22. The van der Waals surface area contributed by atoms with Gasteiger partial charge in [0, 0.05) is 29.7 Å². The minimum atomic E-state index is -0.329. The van der Waals surface area contributed by atoms with Crippen LogP contribution in [-0.4, -0.2) is 101 Å². The van der Waals surface area contributed by atoms with Gasteiger partial charge in [-0.15, -0.1) is 0 Å². The summed E-state index contributed by atoms with van der Waals surface area (Å²) in [5, 5.41) is 14.3. The molecule has 3 amide bonds. The maximum Gasteiger partial charge on any atom is 0.261 e. The van der Waals surface area contributed by atoms with Crippen LogP contribution in [0.2, 0.25) is 0 Å². The lowest BCUT2D eigenvalue weighted by molar-refractivity contribution is -0.115. The fraction of sp³-hybridized carbons (Fsp3) is 0.536. The van der Waals surface area contributed by atoms with Crippen molar-refractivity contribution in [3.05, 3.63) is 41.5 Å². The molecule has 38 heavy (non-hydrogen) atoms. The molecular formula is C28H43N7O3. The lowest BCUT2D eigenvalue weighted by atomic mass is 9.93. The summed E-state index contributed by atoms with van der Waals surface area (Å²) < 4.78 is 0. The van der Waals surface area contributed by atoms with Crippen LogP contribution in [0.3, 0.4) is 0 Å². The third-order valence-electron chi connectivity index (χ3n) is 6.49. The van der Waals surface area contributed by atoms with Crippen molar-refractivity contribution in [3.8, 4) is 0 Å². The van der Waals surface area contributed by atoms with Gasteiger partial charge in [0.1, 0.15) is 0 Å². The molecule has 1 aliphatic rings. The van der Waals surface area contributed by atoms with E-state index in [9.17, 15) is 14.4 Å². The minimum absolute atomic E-state index is 0.174. The van der Waals surface area contributed by atoms with Gasteiger partial charge in [-0.25, -0.2) is 0 Å². The number of rotatable bonds is 18. The number of likely N-dealkylation sites (N-methyl/N-ethyl adjacent to an activating group) is 1. The number of carbonyl (C=O) groups is 3. The Balaban J connectivity index is 1.43. The first-order valence-corrected chi connectivity index (χ1v) is 13.6. The largest absolute Gasteiger partial charge is 0.330 e. The highest BCUT2D eigenvalue weighted by molar-refractivity contribution is 6.26. The molecule has 0 aliphatic carbocycles. The van der Waals surface area contributed by atoms with Crippen molar-refractivity contribution >= 4 is 34.2 Å². The number of unbranched alkanes of at least 4 members (excludes halogenated alkanes) is 1. The number of nitrogens with zero attached hydrogens (tertiary/aromatic N) is 2. The van der Waals surface area contributed by atoms with Gasteiger partial charge in [-0.2, -0.15) is 0 Å². The maximum absolute atomic E-state index is 13.2. The van der Waals surface area contributed by atoms with E-state index in [4.69, 9.17) is 5.73 Å². The Morgan fingerprint density at radius 2 is 1.53 bits per heavy atom. The highest BCUT2D eigenvalue weighted by Crippen LogP contribution is 2.32. The van der Waals surface area contributed by atoms with Crippen molar-refractivity contribution < 1.29 is 14.4 Å². The van der Waals surface area contributed by atoms with Crippen molar-refractivity contribution in [1.82, 2.24) is 25.8 Å². The molecule has 6 N–H and O–H groups in total. The Morgan fingerprint density at radius 3 is 2.24 bits per heavy atom. The predicted molar refractivity (Wildman–Crippen MR) is 153 cm³/mol. The second-order valence-electron chi connectivity index (χ2n) is 9.92. The second-order valence-corrected chi connectivity index (χ2v) is 9.92. The summed E-state index contributed by atoms with van der Waals surface area (Å²) >= 11 is 0. The van der Waals surface area contributed by atoms with Gasteiger partial charge in [0.25, 0.3) is 11.8 Å². The fourth-order valence-electron chi connectivity index (χ4n) is 4.46. The molecule has 1 aliphatic heterocycles. The standard InChI is InChI=1S/C28H43N7O3/c1-34(2)16-17-35-27(37)23-9-5-8-21-18-22(19-24(26(21)23)28(35)38)33-25(36)20-32-15-7-14-31-12-4-3-11-30-13-6-10-29/h5,8-9,18-19,30-32H,3-4,6-7,10-17,20,29H2,1-2H3,(H,33,36). The van der Waals surface area contributed by atoms with Crippen LogP contribution in [0, 0.1) is 0 Å². The zero-order valence-corrected chi connectivity index (χ0v) is 22.8. The van der Waals surface area contributed by atoms with E-state index in [-0.39, 0.29) is 24.3 Å². The topological polar surface area (TPSA) is 132 Å². The van der Waals surface area contributed by atoms with Crippen LogP contribution in [0.25, 0.3) is 10.8 Å². The summed E-state index contributed by atoms with van der Waals surface area (Å²) in [7, 11) is 3.80. The van der Waals surface area contributed by atoms with Crippen molar-refractivity contribution in [2.45, 2.75) is 25.7 Å². The summed E-state index contributed by atoms with van der Waals surface area (Å²) in [5.41, 5.74) is 6.98. The Hall–Kier alpha value is -2.89. The molecule has 0 saturated heterocycles.